The van der Waals surface area contributed by atoms with Crippen molar-refractivity contribution in [1.82, 2.24) is 9.55 Å². The molecule has 0 fully saturated rings. The van der Waals surface area contributed by atoms with Crippen LogP contribution in [-0.2, 0) is 26.4 Å². The highest BCUT2D eigenvalue weighted by Gasteiger charge is 2.10. The Hall–Kier alpha value is -1.61. The summed E-state index contributed by atoms with van der Waals surface area (Å²) in [6, 6.07) is 8.66. The van der Waals surface area contributed by atoms with Crippen LogP contribution in [0.3, 0.4) is 0 Å². The fourth-order valence-electron chi connectivity index (χ4n) is 2.33. The lowest BCUT2D eigenvalue weighted by Crippen LogP contribution is -2.06. The van der Waals surface area contributed by atoms with Gasteiger partial charge in [-0.25, -0.2) is 4.98 Å². The van der Waals surface area contributed by atoms with Crippen LogP contribution in [0.2, 0.25) is 0 Å². The predicted molar refractivity (Wildman–Crippen MR) is 74.4 cm³/mol. The Balaban J connectivity index is 2.15. The second kappa shape index (κ2) is 5.36. The van der Waals surface area contributed by atoms with E-state index in [9.17, 15) is 0 Å². The minimum Gasteiger partial charge on any atom is -0.335 e. The van der Waals surface area contributed by atoms with Crippen molar-refractivity contribution in [1.29, 1.82) is 0 Å². The van der Waals surface area contributed by atoms with E-state index in [1.165, 1.54) is 16.8 Å². The highest BCUT2D eigenvalue weighted by molar-refractivity contribution is 5.24. The average Bonchev–Trinajstić information content (AvgIpc) is 2.63. The van der Waals surface area contributed by atoms with Crippen molar-refractivity contribution in [3.05, 3.63) is 52.6 Å². The fourth-order valence-corrected chi connectivity index (χ4v) is 2.33. The van der Waals surface area contributed by atoms with Crippen molar-refractivity contribution in [2.45, 2.75) is 33.2 Å². The lowest BCUT2D eigenvalue weighted by Gasteiger charge is -2.06. The number of benzene rings is 1. The molecule has 1 heterocycles. The zero-order chi connectivity index (χ0) is 13.1. The molecule has 18 heavy (non-hydrogen) atoms. The number of aryl methyl sites for hydroxylation is 3. The van der Waals surface area contributed by atoms with Crippen molar-refractivity contribution in [2.75, 3.05) is 0 Å². The number of nitrogens with two attached hydrogens (primary N) is 1. The molecule has 0 bridgehead atoms. The maximum atomic E-state index is 5.75. The molecule has 0 spiro atoms. The van der Waals surface area contributed by atoms with Gasteiger partial charge in [-0.1, -0.05) is 29.8 Å². The maximum absolute atomic E-state index is 5.75. The first-order valence-corrected chi connectivity index (χ1v) is 6.38. The minimum atomic E-state index is 0.519. The molecule has 3 heteroatoms. The summed E-state index contributed by atoms with van der Waals surface area (Å²) in [6.45, 7) is 4.67. The third kappa shape index (κ3) is 2.62. The van der Waals surface area contributed by atoms with Gasteiger partial charge in [-0.15, -0.1) is 0 Å². The molecule has 1 aromatic carbocycles. The predicted octanol–water partition coefficient (Wildman–Crippen LogP) is 2.28. The van der Waals surface area contributed by atoms with Gasteiger partial charge in [0.05, 0.1) is 5.69 Å². The lowest BCUT2D eigenvalue weighted by atomic mass is 10.0. The molecule has 0 aliphatic carbocycles. The molecule has 1 aromatic heterocycles. The molecule has 0 radical (unpaired) electrons. The van der Waals surface area contributed by atoms with E-state index in [1.54, 1.807) is 0 Å². The zero-order valence-electron chi connectivity index (χ0n) is 11.4. The summed E-state index contributed by atoms with van der Waals surface area (Å²) < 4.78 is 2.15. The second-order valence-electron chi connectivity index (χ2n) is 4.80. The third-order valence-corrected chi connectivity index (χ3v) is 3.45. The monoisotopic (exact) mass is 243 g/mol. The molecule has 0 unspecified atom stereocenters. The van der Waals surface area contributed by atoms with E-state index in [0.717, 1.165) is 24.4 Å². The number of rotatable bonds is 4. The van der Waals surface area contributed by atoms with Crippen LogP contribution in [0.1, 0.15) is 28.3 Å². The van der Waals surface area contributed by atoms with E-state index in [0.29, 0.717) is 6.54 Å². The van der Waals surface area contributed by atoms with Gasteiger partial charge in [-0.3, -0.25) is 0 Å². The van der Waals surface area contributed by atoms with Gasteiger partial charge in [0, 0.05) is 19.3 Å². The first-order chi connectivity index (χ1) is 8.61. The number of imidazole rings is 1. The summed E-state index contributed by atoms with van der Waals surface area (Å²) in [5.74, 6) is 1.04. The summed E-state index contributed by atoms with van der Waals surface area (Å²) in [6.07, 6.45) is 2.03. The van der Waals surface area contributed by atoms with Gasteiger partial charge in [0.15, 0.2) is 0 Å². The van der Waals surface area contributed by atoms with Gasteiger partial charge < -0.3 is 10.3 Å². The highest BCUT2D eigenvalue weighted by Crippen LogP contribution is 2.14. The van der Waals surface area contributed by atoms with E-state index < -0.39 is 0 Å². The quantitative estimate of drug-likeness (QED) is 0.895. The van der Waals surface area contributed by atoms with Crippen molar-refractivity contribution in [2.24, 2.45) is 12.8 Å². The number of hydrogen-bond donors (Lipinski definition) is 1. The maximum Gasteiger partial charge on any atom is 0.105 e. The topological polar surface area (TPSA) is 43.8 Å². The van der Waals surface area contributed by atoms with Crippen LogP contribution in [0.4, 0.5) is 0 Å². The molecular formula is C15H21N3. The third-order valence-electron chi connectivity index (χ3n) is 3.45. The van der Waals surface area contributed by atoms with E-state index in [4.69, 9.17) is 5.73 Å². The fraction of sp³-hybridized carbons (Fsp3) is 0.400. The van der Waals surface area contributed by atoms with Gasteiger partial charge in [0.1, 0.15) is 5.82 Å². The molecule has 96 valence electrons. The highest BCUT2D eigenvalue weighted by atomic mass is 15.1. The van der Waals surface area contributed by atoms with E-state index in [1.807, 2.05) is 6.92 Å². The van der Waals surface area contributed by atoms with E-state index in [-0.39, 0.29) is 0 Å². The molecule has 0 saturated carbocycles. The van der Waals surface area contributed by atoms with Gasteiger partial charge in [0.2, 0.25) is 0 Å². The van der Waals surface area contributed by atoms with Gasteiger partial charge in [-0.2, -0.15) is 0 Å². The van der Waals surface area contributed by atoms with Crippen LogP contribution >= 0.6 is 0 Å². The minimum absolute atomic E-state index is 0.519. The molecule has 2 rings (SSSR count). The van der Waals surface area contributed by atoms with Crippen molar-refractivity contribution < 1.29 is 0 Å². The molecule has 0 saturated heterocycles. The smallest absolute Gasteiger partial charge is 0.105 e. The van der Waals surface area contributed by atoms with Crippen LogP contribution in [0.15, 0.2) is 24.3 Å². The number of hydrogen-bond acceptors (Lipinski definition) is 2. The van der Waals surface area contributed by atoms with Gasteiger partial charge >= 0.3 is 0 Å². The SMILES string of the molecule is Cc1cccc(CCc2c(CN)nc(C)n2C)c1. The number of nitrogens with zero attached hydrogens (tertiary/aromatic N) is 2. The summed E-state index contributed by atoms with van der Waals surface area (Å²) in [5, 5.41) is 0. The van der Waals surface area contributed by atoms with Crippen molar-refractivity contribution in [3.8, 4) is 0 Å². The number of aromatic nitrogens is 2. The normalized spacial score (nSPS) is 10.9. The van der Waals surface area contributed by atoms with E-state index in [2.05, 4.69) is 47.8 Å². The summed E-state index contributed by atoms with van der Waals surface area (Å²) in [4.78, 5) is 4.50. The molecular weight excluding hydrogens is 222 g/mol. The van der Waals surface area contributed by atoms with Crippen LogP contribution in [-0.4, -0.2) is 9.55 Å². The molecule has 0 aliphatic rings. The Kier molecular flexibility index (Phi) is 3.82. The summed E-state index contributed by atoms with van der Waals surface area (Å²) in [5.41, 5.74) is 10.7. The lowest BCUT2D eigenvalue weighted by molar-refractivity contribution is 0.765. The van der Waals surface area contributed by atoms with Crippen LogP contribution in [0.25, 0.3) is 0 Å². The van der Waals surface area contributed by atoms with Crippen LogP contribution in [0, 0.1) is 13.8 Å². The van der Waals surface area contributed by atoms with E-state index >= 15 is 0 Å². The largest absolute Gasteiger partial charge is 0.335 e. The molecule has 2 N–H and O–H groups in total. The van der Waals surface area contributed by atoms with Crippen molar-refractivity contribution >= 4 is 0 Å². The molecule has 0 aliphatic heterocycles. The Labute approximate surface area is 109 Å². The van der Waals surface area contributed by atoms with Gasteiger partial charge in [-0.05, 0) is 32.3 Å². The Morgan fingerprint density at radius 1 is 1.22 bits per heavy atom. The Bertz CT molecular complexity index is 541. The average molecular weight is 243 g/mol. The van der Waals surface area contributed by atoms with Crippen LogP contribution in [0.5, 0.6) is 0 Å². The molecule has 0 atom stereocenters. The first-order valence-electron chi connectivity index (χ1n) is 6.38. The Morgan fingerprint density at radius 3 is 2.67 bits per heavy atom. The first kappa shape index (κ1) is 12.8. The van der Waals surface area contributed by atoms with Crippen molar-refractivity contribution in [3.63, 3.8) is 0 Å². The summed E-state index contributed by atoms with van der Waals surface area (Å²) in [7, 11) is 2.06. The second-order valence-corrected chi connectivity index (χ2v) is 4.80. The standard InChI is InChI=1S/C15H21N3/c1-11-5-4-6-13(9-11)7-8-15-14(10-16)17-12(2)18(15)3/h4-6,9H,7-8,10,16H2,1-3H3. The molecule has 3 nitrogen and oxygen atoms in total. The summed E-state index contributed by atoms with van der Waals surface area (Å²) >= 11 is 0. The zero-order valence-corrected chi connectivity index (χ0v) is 11.4. The van der Waals surface area contributed by atoms with Gasteiger partial charge in [0.25, 0.3) is 0 Å². The Morgan fingerprint density at radius 2 is 2.00 bits per heavy atom. The molecule has 2 aromatic rings. The van der Waals surface area contributed by atoms with Crippen LogP contribution < -0.4 is 5.73 Å². The molecule has 0 amide bonds.